The second kappa shape index (κ2) is 6.24. The summed E-state index contributed by atoms with van der Waals surface area (Å²) in [6.45, 7) is 11.0. The highest BCUT2D eigenvalue weighted by Gasteiger charge is 2.25. The molecule has 0 aliphatic carbocycles. The van der Waals surface area contributed by atoms with Gasteiger partial charge in [-0.25, -0.2) is 4.79 Å². The van der Waals surface area contributed by atoms with E-state index in [1.165, 1.54) is 6.42 Å². The molecule has 4 heteroatoms. The lowest BCUT2D eigenvalue weighted by molar-refractivity contribution is 0.165. The lowest BCUT2D eigenvalue weighted by Crippen LogP contribution is -2.54. The number of carbonyl (C=O) groups excluding carboxylic acids is 1. The molecule has 0 spiro atoms. The molecule has 4 nitrogen and oxygen atoms in total. The summed E-state index contributed by atoms with van der Waals surface area (Å²) in [7, 11) is 0. The van der Waals surface area contributed by atoms with Crippen LogP contribution in [-0.4, -0.2) is 42.1 Å². The Kier molecular flexibility index (Phi) is 5.25. The molecule has 0 aromatic heterocycles. The molecular formula is C13H27N3O. The van der Waals surface area contributed by atoms with Gasteiger partial charge in [0.15, 0.2) is 0 Å². The van der Waals surface area contributed by atoms with E-state index < -0.39 is 0 Å². The van der Waals surface area contributed by atoms with Gasteiger partial charge in [0.25, 0.3) is 0 Å². The van der Waals surface area contributed by atoms with Gasteiger partial charge >= 0.3 is 6.03 Å². The van der Waals surface area contributed by atoms with E-state index in [9.17, 15) is 4.79 Å². The summed E-state index contributed by atoms with van der Waals surface area (Å²) in [6.07, 6.45) is 3.42. The van der Waals surface area contributed by atoms with Gasteiger partial charge in [-0.2, -0.15) is 0 Å². The molecule has 1 heterocycles. The van der Waals surface area contributed by atoms with Gasteiger partial charge in [0.2, 0.25) is 0 Å². The summed E-state index contributed by atoms with van der Waals surface area (Å²) in [5.74, 6) is 0. The van der Waals surface area contributed by atoms with Crippen molar-refractivity contribution in [2.45, 2.75) is 58.5 Å². The number of piperidine rings is 1. The number of hydrogen-bond donors (Lipinski definition) is 2. The Labute approximate surface area is 105 Å². The van der Waals surface area contributed by atoms with Crippen molar-refractivity contribution in [1.29, 1.82) is 0 Å². The van der Waals surface area contributed by atoms with Gasteiger partial charge in [0.1, 0.15) is 0 Å². The maximum absolute atomic E-state index is 12.0. The van der Waals surface area contributed by atoms with E-state index in [1.54, 1.807) is 0 Å². The molecule has 1 saturated heterocycles. The molecule has 0 aromatic carbocycles. The van der Waals surface area contributed by atoms with Crippen molar-refractivity contribution in [3.63, 3.8) is 0 Å². The van der Waals surface area contributed by atoms with Gasteiger partial charge in [-0.05, 0) is 46.6 Å². The summed E-state index contributed by atoms with van der Waals surface area (Å²) >= 11 is 0. The number of nitrogens with zero attached hydrogens (tertiary/aromatic N) is 1. The van der Waals surface area contributed by atoms with Crippen molar-refractivity contribution in [2.24, 2.45) is 0 Å². The van der Waals surface area contributed by atoms with Gasteiger partial charge in [-0.15, -0.1) is 0 Å². The number of nitrogens with one attached hydrogen (secondary N) is 2. The van der Waals surface area contributed by atoms with Crippen molar-refractivity contribution in [2.75, 3.05) is 19.6 Å². The first-order valence-corrected chi connectivity index (χ1v) is 6.73. The Morgan fingerprint density at radius 3 is 2.71 bits per heavy atom. The smallest absolute Gasteiger partial charge is 0.317 e. The molecule has 17 heavy (non-hydrogen) atoms. The van der Waals surface area contributed by atoms with Gasteiger partial charge in [-0.1, -0.05) is 6.92 Å². The molecule has 100 valence electrons. The summed E-state index contributed by atoms with van der Waals surface area (Å²) in [6, 6.07) is 0.537. The number of rotatable bonds is 3. The summed E-state index contributed by atoms with van der Waals surface area (Å²) in [5.41, 5.74) is -0.152. The Bertz CT molecular complexity index is 248. The first-order chi connectivity index (χ1) is 7.92. The number of amides is 2. The fourth-order valence-corrected chi connectivity index (χ4v) is 2.08. The van der Waals surface area contributed by atoms with Crippen LogP contribution < -0.4 is 10.6 Å². The molecule has 1 fully saturated rings. The summed E-state index contributed by atoms with van der Waals surface area (Å²) in [4.78, 5) is 14.0. The third-order valence-electron chi connectivity index (χ3n) is 2.87. The standard InChI is InChI=1S/C13H27N3O/c1-5-8-14-11-7-6-9-16(10-11)12(17)15-13(2,3)4/h11,14H,5-10H2,1-4H3,(H,15,17). The van der Waals surface area contributed by atoms with Crippen LogP contribution in [0.25, 0.3) is 0 Å². The van der Waals surface area contributed by atoms with Crippen molar-refractivity contribution in [1.82, 2.24) is 15.5 Å². The molecular weight excluding hydrogens is 214 g/mol. The van der Waals surface area contributed by atoms with Crippen LogP contribution in [0.5, 0.6) is 0 Å². The van der Waals surface area contributed by atoms with Crippen LogP contribution in [0.3, 0.4) is 0 Å². The number of urea groups is 1. The Balaban J connectivity index is 2.40. The second-order valence-electron chi connectivity index (χ2n) is 5.92. The average Bonchev–Trinajstić information content (AvgIpc) is 2.24. The topological polar surface area (TPSA) is 44.4 Å². The second-order valence-corrected chi connectivity index (χ2v) is 5.92. The van der Waals surface area contributed by atoms with Crippen LogP contribution >= 0.6 is 0 Å². The first-order valence-electron chi connectivity index (χ1n) is 6.73. The van der Waals surface area contributed by atoms with Crippen molar-refractivity contribution < 1.29 is 4.79 Å². The maximum atomic E-state index is 12.0. The van der Waals surface area contributed by atoms with E-state index in [4.69, 9.17) is 0 Å². The highest BCUT2D eigenvalue weighted by molar-refractivity contribution is 5.75. The lowest BCUT2D eigenvalue weighted by Gasteiger charge is -2.35. The number of likely N-dealkylation sites (tertiary alicyclic amines) is 1. The molecule has 0 bridgehead atoms. The van der Waals surface area contributed by atoms with Crippen LogP contribution in [0.2, 0.25) is 0 Å². The van der Waals surface area contributed by atoms with Crippen molar-refractivity contribution in [3.05, 3.63) is 0 Å². The Hall–Kier alpha value is -0.770. The van der Waals surface area contributed by atoms with Crippen LogP contribution in [0.15, 0.2) is 0 Å². The first kappa shape index (κ1) is 14.3. The normalized spacial score (nSPS) is 21.4. The molecule has 0 radical (unpaired) electrons. The van der Waals surface area contributed by atoms with Crippen molar-refractivity contribution >= 4 is 6.03 Å². The molecule has 1 rings (SSSR count). The summed E-state index contributed by atoms with van der Waals surface area (Å²) < 4.78 is 0. The van der Waals surface area contributed by atoms with Crippen molar-refractivity contribution in [3.8, 4) is 0 Å². The monoisotopic (exact) mass is 241 g/mol. The van der Waals surface area contributed by atoms with E-state index in [0.717, 1.165) is 32.5 Å². The Morgan fingerprint density at radius 2 is 2.12 bits per heavy atom. The fraction of sp³-hybridized carbons (Fsp3) is 0.923. The van der Waals surface area contributed by atoms with E-state index in [2.05, 4.69) is 17.6 Å². The molecule has 1 aliphatic rings. The van der Waals surface area contributed by atoms with E-state index in [0.29, 0.717) is 6.04 Å². The number of hydrogen-bond acceptors (Lipinski definition) is 2. The zero-order chi connectivity index (χ0) is 12.9. The zero-order valence-electron chi connectivity index (χ0n) is 11.7. The summed E-state index contributed by atoms with van der Waals surface area (Å²) in [5, 5.41) is 6.52. The molecule has 0 aromatic rings. The van der Waals surface area contributed by atoms with E-state index >= 15 is 0 Å². The van der Waals surface area contributed by atoms with Crippen LogP contribution in [0, 0.1) is 0 Å². The predicted octanol–water partition coefficient (Wildman–Crippen LogP) is 1.96. The van der Waals surface area contributed by atoms with Crippen LogP contribution in [0.1, 0.15) is 47.0 Å². The third-order valence-corrected chi connectivity index (χ3v) is 2.87. The molecule has 1 aliphatic heterocycles. The van der Waals surface area contributed by atoms with E-state index in [1.807, 2.05) is 25.7 Å². The minimum atomic E-state index is -0.152. The molecule has 0 saturated carbocycles. The fourth-order valence-electron chi connectivity index (χ4n) is 2.08. The van der Waals surface area contributed by atoms with E-state index in [-0.39, 0.29) is 11.6 Å². The molecule has 2 amide bonds. The minimum Gasteiger partial charge on any atom is -0.333 e. The highest BCUT2D eigenvalue weighted by atomic mass is 16.2. The number of carbonyl (C=O) groups is 1. The average molecular weight is 241 g/mol. The third kappa shape index (κ3) is 5.39. The molecule has 1 unspecified atom stereocenters. The predicted molar refractivity (Wildman–Crippen MR) is 71.2 cm³/mol. The maximum Gasteiger partial charge on any atom is 0.317 e. The SMILES string of the molecule is CCCNC1CCCN(C(=O)NC(C)(C)C)C1. The quantitative estimate of drug-likeness (QED) is 0.793. The Morgan fingerprint density at radius 1 is 1.41 bits per heavy atom. The van der Waals surface area contributed by atoms with Gasteiger partial charge in [-0.3, -0.25) is 0 Å². The molecule has 2 N–H and O–H groups in total. The van der Waals surface area contributed by atoms with Crippen LogP contribution in [0.4, 0.5) is 4.79 Å². The van der Waals surface area contributed by atoms with Crippen LogP contribution in [-0.2, 0) is 0 Å². The largest absolute Gasteiger partial charge is 0.333 e. The highest BCUT2D eigenvalue weighted by Crippen LogP contribution is 2.11. The van der Waals surface area contributed by atoms with Gasteiger partial charge in [0.05, 0.1) is 0 Å². The molecule has 1 atom stereocenters. The minimum absolute atomic E-state index is 0.0699. The van der Waals surface area contributed by atoms with Gasteiger partial charge < -0.3 is 15.5 Å². The zero-order valence-corrected chi connectivity index (χ0v) is 11.7. The lowest BCUT2D eigenvalue weighted by atomic mass is 10.1. The van der Waals surface area contributed by atoms with Gasteiger partial charge in [0, 0.05) is 24.7 Å².